The lowest BCUT2D eigenvalue weighted by molar-refractivity contribution is -0.148. The predicted molar refractivity (Wildman–Crippen MR) is 357 cm³/mol. The highest BCUT2D eigenvalue weighted by atomic mass is 35.5. The Kier molecular flexibility index (Phi) is 23.3. The third-order valence-electron chi connectivity index (χ3n) is 15.4. The molecule has 0 saturated carbocycles. The number of amides is 1. The number of H-pyrrole nitrogens is 1. The van der Waals surface area contributed by atoms with E-state index in [-0.39, 0.29) is 52.9 Å². The van der Waals surface area contributed by atoms with E-state index in [0.29, 0.717) is 94.6 Å². The van der Waals surface area contributed by atoms with E-state index in [2.05, 4.69) is 53.0 Å². The largest absolute Gasteiger partial charge is 0.464 e. The highest BCUT2D eigenvalue weighted by Gasteiger charge is 2.50. The van der Waals surface area contributed by atoms with Crippen molar-refractivity contribution >= 4 is 95.6 Å². The number of carbonyl (C=O) groups excluding carboxylic acids is 5. The lowest BCUT2D eigenvalue weighted by atomic mass is 9.91. The smallest absolute Gasteiger partial charge is 0.354 e. The van der Waals surface area contributed by atoms with E-state index in [4.69, 9.17) is 47.0 Å². The average Bonchev–Trinajstić information content (AvgIpc) is 1.49. The zero-order valence-corrected chi connectivity index (χ0v) is 58.2. The van der Waals surface area contributed by atoms with Crippen LogP contribution in [0.4, 0.5) is 11.4 Å². The number of aryl methyl sites for hydroxylation is 4. The molecule has 4 aromatic carbocycles. The second kappa shape index (κ2) is 29.9. The summed E-state index contributed by atoms with van der Waals surface area (Å²) in [5, 5.41) is 13.0. The first kappa shape index (κ1) is 73.0. The van der Waals surface area contributed by atoms with Gasteiger partial charge in [0.05, 0.1) is 77.5 Å². The fourth-order valence-electron chi connectivity index (χ4n) is 10.7. The molecule has 0 aliphatic carbocycles. The number of oxime groups is 1. The van der Waals surface area contributed by atoms with Crippen molar-refractivity contribution in [2.45, 2.75) is 138 Å². The minimum absolute atomic E-state index is 0.00623. The molecule has 0 radical (unpaired) electrons. The van der Waals surface area contributed by atoms with Gasteiger partial charge in [-0.2, -0.15) is 13.5 Å². The molecule has 0 bridgehead atoms. The molecule has 1 atom stereocenters. The van der Waals surface area contributed by atoms with Gasteiger partial charge in [0.1, 0.15) is 23.4 Å². The molecule has 6 heterocycles. The summed E-state index contributed by atoms with van der Waals surface area (Å²) in [6.07, 6.45) is 4.54. The highest BCUT2D eigenvalue weighted by molar-refractivity contribution is 7.91. The molecular weight excluding hydrogens is 1300 g/mol. The summed E-state index contributed by atoms with van der Waals surface area (Å²) in [4.78, 5) is 92.7. The number of fused-ring (bicyclic) bond motifs is 2. The number of anilines is 2. The van der Waals surface area contributed by atoms with E-state index in [1.165, 1.54) is 40.6 Å². The monoisotopic (exact) mass is 1380 g/mol. The van der Waals surface area contributed by atoms with Crippen LogP contribution < -0.4 is 25.6 Å². The van der Waals surface area contributed by atoms with E-state index >= 15 is 0 Å². The molecule has 0 spiro atoms. The number of hydrazone groups is 1. The van der Waals surface area contributed by atoms with E-state index in [9.17, 15) is 50.4 Å². The van der Waals surface area contributed by atoms with Crippen molar-refractivity contribution < 1.29 is 64.6 Å². The number of nitrogens with one attached hydrogen (secondary N) is 2. The van der Waals surface area contributed by atoms with Crippen LogP contribution in [0.5, 0.6) is 5.88 Å². The quantitative estimate of drug-likeness (QED) is 0.0758. The van der Waals surface area contributed by atoms with E-state index in [0.717, 1.165) is 40.1 Å². The van der Waals surface area contributed by atoms with Gasteiger partial charge in [0.15, 0.2) is 21.2 Å². The number of sulfone groups is 1. The normalized spacial score (nSPS) is 16.4. The van der Waals surface area contributed by atoms with Gasteiger partial charge in [0.25, 0.3) is 17.0 Å². The van der Waals surface area contributed by atoms with E-state index in [1.54, 1.807) is 93.4 Å². The number of nitrogens with zero attached hydrogens (tertiary/aromatic N) is 7. The number of hydrogen-bond acceptors (Lipinski definition) is 19. The number of rotatable bonds is 14. The van der Waals surface area contributed by atoms with Crippen LogP contribution in [0.25, 0.3) is 11.1 Å². The first-order valence-electron chi connectivity index (χ1n) is 30.4. The predicted octanol–water partition coefficient (Wildman–Crippen LogP) is 9.16. The number of aromatic nitrogens is 4. The number of para-hydroxylation sites is 1. The maximum absolute atomic E-state index is 13.5. The molecule has 1 amide bonds. The molecule has 0 fully saturated rings. The van der Waals surface area contributed by atoms with Crippen molar-refractivity contribution in [3.8, 4) is 17.0 Å². The van der Waals surface area contributed by atoms with Crippen LogP contribution in [0.2, 0.25) is 10.0 Å². The third-order valence-corrected chi connectivity index (χ3v) is 18.6. The number of hydrogen-bond donors (Lipinski definition) is 2. The fourth-order valence-corrected chi connectivity index (χ4v) is 13.6. The zero-order chi connectivity index (χ0) is 69.5. The Bertz CT molecular complexity index is 4330. The Labute approximate surface area is 556 Å². The molecule has 1 unspecified atom stereocenters. The lowest BCUT2D eigenvalue weighted by Crippen LogP contribution is -2.48. The number of esters is 3. The maximum atomic E-state index is 13.5. The number of benzene rings is 4. The van der Waals surface area contributed by atoms with Crippen molar-refractivity contribution in [2.75, 3.05) is 49.0 Å². The molecule has 10 rings (SSSR count). The molecule has 25 nitrogen and oxygen atoms in total. The van der Waals surface area contributed by atoms with Crippen molar-refractivity contribution in [1.82, 2.24) is 23.4 Å². The number of carbonyl (C=O) groups is 5. The SMILES string of the molecule is CC(C)N1C(=O)c2ccccc2NS1(=O)=O.CCOC(=O)C1=NN(c2ccc(Cl)cc2Cl)C(C)(C(=O)OCC)C1.CCc1cc(C)cc(CC)c1-c1c(OC(=O)C(C)(C)C)n2n(c1=O)CCOCC2.Cc1c(C(=O)c2c[nH]n(C)c2=O)ccc(S(C)(=O)=O)c1C1=NOCC1. The minimum atomic E-state index is -3.75. The van der Waals surface area contributed by atoms with Crippen LogP contribution in [0.15, 0.2) is 97.7 Å². The average molecular weight is 1380 g/mol. The first-order valence-corrected chi connectivity index (χ1v) is 34.5. The summed E-state index contributed by atoms with van der Waals surface area (Å²) < 4.78 is 77.3. The van der Waals surface area contributed by atoms with Gasteiger partial charge in [0.2, 0.25) is 5.88 Å². The molecule has 6 aromatic rings. The molecule has 29 heteroatoms. The number of ether oxygens (including phenoxy) is 4. The molecule has 4 aliphatic heterocycles. The van der Waals surface area contributed by atoms with Crippen molar-refractivity contribution in [3.05, 3.63) is 148 Å². The second-order valence-corrected chi connectivity index (χ2v) is 28.1. The minimum Gasteiger partial charge on any atom is -0.464 e. The Morgan fingerprint density at radius 2 is 1.46 bits per heavy atom. The Hall–Kier alpha value is -8.37. The van der Waals surface area contributed by atoms with Crippen LogP contribution in [0, 0.1) is 19.3 Å². The first-order chi connectivity index (χ1) is 44.2. The summed E-state index contributed by atoms with van der Waals surface area (Å²) >= 11 is 12.2. The highest BCUT2D eigenvalue weighted by Crippen LogP contribution is 2.40. The van der Waals surface area contributed by atoms with Crippen LogP contribution in [0.1, 0.15) is 136 Å². The maximum Gasteiger partial charge on any atom is 0.354 e. The third kappa shape index (κ3) is 15.7. The van der Waals surface area contributed by atoms with Gasteiger partial charge in [-0.25, -0.2) is 36.7 Å². The van der Waals surface area contributed by atoms with Crippen LogP contribution in [-0.2, 0) is 86.5 Å². The summed E-state index contributed by atoms with van der Waals surface area (Å²) in [5.74, 6) is -2.04. The summed E-state index contributed by atoms with van der Waals surface area (Å²) in [5.41, 5.74) is 5.22. The summed E-state index contributed by atoms with van der Waals surface area (Å²) in [6.45, 7) is 24.3. The van der Waals surface area contributed by atoms with Gasteiger partial charge in [-0.15, -0.1) is 0 Å². The molecule has 2 aromatic heterocycles. The van der Waals surface area contributed by atoms with Gasteiger partial charge in [-0.1, -0.05) is 72.0 Å². The molecular formula is C65H79Cl2N9O16S2. The summed E-state index contributed by atoms with van der Waals surface area (Å²) in [7, 11) is -5.77. The van der Waals surface area contributed by atoms with Gasteiger partial charge >= 0.3 is 28.1 Å². The topological polar surface area (TPSA) is 308 Å². The van der Waals surface area contributed by atoms with Crippen molar-refractivity contribution in [3.63, 3.8) is 0 Å². The number of aromatic amines is 1. The fraction of sp³-hybridized carbons (Fsp3) is 0.431. The van der Waals surface area contributed by atoms with E-state index < -0.39 is 66.2 Å². The second-order valence-electron chi connectivity index (χ2n) is 23.7. The van der Waals surface area contributed by atoms with E-state index in [1.807, 2.05) is 20.8 Å². The molecule has 4 aliphatic rings. The summed E-state index contributed by atoms with van der Waals surface area (Å²) in [6, 6.07) is 18.0. The standard InChI is InChI=1S/C23H32N2O4.C16H18Cl2N2O4.C16H17N3O5S.C10H12N2O3S/c1-7-16-13-15(3)14-17(8-2)18(16)19-20(26)24-9-11-28-12-10-25(24)21(19)29-22(27)23(4,5)6;1-4-23-14(21)12-9-16(3,15(22)24-5-2)20(19-12)13-7-6-10(17)8-11(13)18;1-9-10(15(20)11-8-17-19(2)16(11)21)4-5-13(25(3,22)23)14(9)12-6-7-24-18-12;1-7(2)12-10(13)8-5-3-4-6-9(8)11-16(12,14)15/h13-14H,7-12H2,1-6H3;6-8H,4-5,9H2,1-3H3;4-5,8,17H,6-7H2,1-3H3;3-7,11H,1-2H3. The zero-order valence-electron chi connectivity index (χ0n) is 55.0. The molecule has 0 saturated heterocycles. The van der Waals surface area contributed by atoms with Crippen LogP contribution >= 0.6 is 23.2 Å². The number of halogens is 2. The lowest BCUT2D eigenvalue weighted by Gasteiger charge is -2.32. The van der Waals surface area contributed by atoms with Gasteiger partial charge < -0.3 is 28.9 Å². The van der Waals surface area contributed by atoms with Crippen molar-refractivity contribution in [2.24, 2.45) is 22.7 Å². The van der Waals surface area contributed by atoms with Crippen molar-refractivity contribution in [1.29, 1.82) is 0 Å². The number of ketones is 1. The van der Waals surface area contributed by atoms with Crippen LogP contribution in [0.3, 0.4) is 0 Å². The van der Waals surface area contributed by atoms with Gasteiger partial charge in [-0.05, 0) is 147 Å². The molecule has 94 heavy (non-hydrogen) atoms. The van der Waals surface area contributed by atoms with Crippen LogP contribution in [-0.4, -0.2) is 132 Å². The Balaban J connectivity index is 0.000000180. The van der Waals surface area contributed by atoms with Gasteiger partial charge in [0, 0.05) is 54.5 Å². The Morgan fingerprint density at radius 1 is 0.819 bits per heavy atom. The van der Waals surface area contributed by atoms with Gasteiger partial charge in [-0.3, -0.25) is 33.4 Å². The molecule has 2 N–H and O–H groups in total. The molecule has 506 valence electrons. The Morgan fingerprint density at radius 3 is 2.01 bits per heavy atom.